The van der Waals surface area contributed by atoms with E-state index >= 15 is 0 Å². The number of nitrogens with zero attached hydrogens (tertiary/aromatic N) is 1. The SMILES string of the molecule is CC(COC(c1ccccc1)c1ccccc1)(Cc1ccc(CBr)cc1)CC1(C)C=CC=N1. The molecular formula is C30H32BrNO. The number of rotatable bonds is 10. The molecule has 0 saturated carbocycles. The van der Waals surface area contributed by atoms with Crippen LogP contribution in [0.15, 0.2) is 102 Å². The van der Waals surface area contributed by atoms with Crippen LogP contribution in [0.1, 0.15) is 48.6 Å². The van der Waals surface area contributed by atoms with Gasteiger partial charge in [-0.05, 0) is 53.5 Å². The molecular weight excluding hydrogens is 470 g/mol. The highest BCUT2D eigenvalue weighted by molar-refractivity contribution is 9.08. The Labute approximate surface area is 206 Å². The van der Waals surface area contributed by atoms with Crippen LogP contribution >= 0.6 is 15.9 Å². The van der Waals surface area contributed by atoms with Crippen molar-refractivity contribution in [2.24, 2.45) is 10.4 Å². The predicted octanol–water partition coefficient (Wildman–Crippen LogP) is 7.73. The van der Waals surface area contributed by atoms with Gasteiger partial charge in [0.2, 0.25) is 0 Å². The van der Waals surface area contributed by atoms with Crippen molar-refractivity contribution in [3.05, 3.63) is 119 Å². The number of alkyl halides is 1. The Morgan fingerprint density at radius 1 is 0.879 bits per heavy atom. The highest BCUT2D eigenvalue weighted by Gasteiger charge is 2.36. The van der Waals surface area contributed by atoms with Gasteiger partial charge in [-0.25, -0.2) is 0 Å². The van der Waals surface area contributed by atoms with Crippen LogP contribution in [0.25, 0.3) is 0 Å². The number of ether oxygens (including phenoxy) is 1. The summed E-state index contributed by atoms with van der Waals surface area (Å²) in [5, 5.41) is 0.876. The van der Waals surface area contributed by atoms with Gasteiger partial charge in [0.15, 0.2) is 0 Å². The second kappa shape index (κ2) is 10.6. The zero-order valence-corrected chi connectivity index (χ0v) is 21.0. The maximum absolute atomic E-state index is 6.77. The minimum Gasteiger partial charge on any atom is -0.368 e. The van der Waals surface area contributed by atoms with Crippen LogP contribution in [0.5, 0.6) is 0 Å². The first-order valence-corrected chi connectivity index (χ1v) is 12.7. The first kappa shape index (κ1) is 23.7. The van der Waals surface area contributed by atoms with Crippen molar-refractivity contribution in [3.63, 3.8) is 0 Å². The summed E-state index contributed by atoms with van der Waals surface area (Å²) in [6, 6.07) is 29.9. The standard InChI is InChI=1S/C30H32BrNO/c1-29(22-30(2)18-9-19-32-30,20-24-14-16-25(21-31)17-15-24)23-33-28(26-10-5-3-6-11-26)27-12-7-4-8-13-27/h3-19,28H,20-23H2,1-2H3. The zero-order chi connectivity index (χ0) is 23.2. The number of hydrogen-bond acceptors (Lipinski definition) is 2. The number of benzene rings is 3. The molecule has 170 valence electrons. The Morgan fingerprint density at radius 2 is 1.45 bits per heavy atom. The van der Waals surface area contributed by atoms with Crippen molar-refractivity contribution in [2.45, 2.75) is 43.7 Å². The summed E-state index contributed by atoms with van der Waals surface area (Å²) in [5.41, 5.74) is 4.70. The predicted molar refractivity (Wildman–Crippen MR) is 142 cm³/mol. The second-order valence-electron chi connectivity index (χ2n) is 9.62. The molecule has 0 aromatic heterocycles. The van der Waals surface area contributed by atoms with E-state index in [2.05, 4.69) is 127 Å². The number of aliphatic imine (C=N–C) groups is 1. The first-order chi connectivity index (χ1) is 16.0. The smallest absolute Gasteiger partial charge is 0.108 e. The summed E-state index contributed by atoms with van der Waals surface area (Å²) in [7, 11) is 0. The summed E-state index contributed by atoms with van der Waals surface area (Å²) in [6.07, 6.45) is 7.95. The lowest BCUT2D eigenvalue weighted by Crippen LogP contribution is -2.35. The van der Waals surface area contributed by atoms with Gasteiger partial charge in [-0.1, -0.05) is 114 Å². The van der Waals surface area contributed by atoms with Crippen LogP contribution in [-0.4, -0.2) is 18.4 Å². The molecule has 2 unspecified atom stereocenters. The molecule has 4 rings (SSSR count). The van der Waals surface area contributed by atoms with E-state index < -0.39 is 0 Å². The number of hydrogen-bond donors (Lipinski definition) is 0. The molecule has 2 nitrogen and oxygen atoms in total. The fourth-order valence-corrected chi connectivity index (χ4v) is 5.18. The van der Waals surface area contributed by atoms with Gasteiger partial charge in [-0.2, -0.15) is 0 Å². The lowest BCUT2D eigenvalue weighted by molar-refractivity contribution is 0.00528. The first-order valence-electron chi connectivity index (χ1n) is 11.6. The zero-order valence-electron chi connectivity index (χ0n) is 19.5. The average Bonchev–Trinajstić information content (AvgIpc) is 3.26. The van der Waals surface area contributed by atoms with Gasteiger partial charge in [-0.3, -0.25) is 4.99 Å². The van der Waals surface area contributed by atoms with Crippen molar-refractivity contribution >= 4 is 22.1 Å². The van der Waals surface area contributed by atoms with Gasteiger partial charge >= 0.3 is 0 Å². The van der Waals surface area contributed by atoms with E-state index in [1.54, 1.807) is 0 Å². The van der Waals surface area contributed by atoms with E-state index in [4.69, 9.17) is 9.73 Å². The summed E-state index contributed by atoms with van der Waals surface area (Å²) >= 11 is 3.55. The molecule has 0 bridgehead atoms. The quantitative estimate of drug-likeness (QED) is 0.260. The second-order valence-corrected chi connectivity index (χ2v) is 10.2. The van der Waals surface area contributed by atoms with Crippen molar-refractivity contribution < 1.29 is 4.74 Å². The third-order valence-corrected chi connectivity index (χ3v) is 6.95. The fraction of sp³-hybridized carbons (Fsp3) is 0.300. The van der Waals surface area contributed by atoms with Crippen LogP contribution in [0.2, 0.25) is 0 Å². The summed E-state index contributed by atoms with van der Waals surface area (Å²) in [6.45, 7) is 5.19. The van der Waals surface area contributed by atoms with Gasteiger partial charge < -0.3 is 4.74 Å². The van der Waals surface area contributed by atoms with Gasteiger partial charge in [0, 0.05) is 11.5 Å². The van der Waals surface area contributed by atoms with Crippen LogP contribution in [0, 0.1) is 5.41 Å². The molecule has 0 amide bonds. The Morgan fingerprint density at radius 3 is 1.97 bits per heavy atom. The van der Waals surface area contributed by atoms with E-state index in [0.717, 1.165) is 18.2 Å². The molecule has 1 aliphatic heterocycles. The molecule has 3 aromatic rings. The van der Waals surface area contributed by atoms with Gasteiger partial charge in [0.05, 0.1) is 12.1 Å². The minimum atomic E-state index is -0.192. The largest absolute Gasteiger partial charge is 0.368 e. The molecule has 0 saturated heterocycles. The molecule has 0 aliphatic carbocycles. The summed E-state index contributed by atoms with van der Waals surface area (Å²) in [5.74, 6) is 0. The lowest BCUT2D eigenvalue weighted by Gasteiger charge is -2.36. The van der Waals surface area contributed by atoms with Gasteiger partial charge in [-0.15, -0.1) is 0 Å². The molecule has 2 atom stereocenters. The Kier molecular flexibility index (Phi) is 7.62. The fourth-order valence-electron chi connectivity index (χ4n) is 4.80. The Balaban J connectivity index is 1.60. The highest BCUT2D eigenvalue weighted by atomic mass is 79.9. The summed E-state index contributed by atoms with van der Waals surface area (Å²) < 4.78 is 6.77. The molecule has 1 aliphatic rings. The lowest BCUT2D eigenvalue weighted by atomic mass is 9.74. The minimum absolute atomic E-state index is 0.0848. The van der Waals surface area contributed by atoms with E-state index in [0.29, 0.717) is 6.61 Å². The van der Waals surface area contributed by atoms with Crippen molar-refractivity contribution in [1.82, 2.24) is 0 Å². The topological polar surface area (TPSA) is 21.6 Å². The normalized spacial score (nSPS) is 19.2. The van der Waals surface area contributed by atoms with Gasteiger partial charge in [0.25, 0.3) is 0 Å². The molecule has 3 aromatic carbocycles. The monoisotopic (exact) mass is 501 g/mol. The Bertz CT molecular complexity index is 1020. The van der Waals surface area contributed by atoms with Crippen molar-refractivity contribution in [2.75, 3.05) is 6.61 Å². The van der Waals surface area contributed by atoms with E-state index in [1.807, 2.05) is 6.21 Å². The number of halogens is 1. The highest BCUT2D eigenvalue weighted by Crippen LogP contribution is 2.38. The van der Waals surface area contributed by atoms with E-state index in [-0.39, 0.29) is 17.1 Å². The molecule has 0 spiro atoms. The molecule has 0 radical (unpaired) electrons. The summed E-state index contributed by atoms with van der Waals surface area (Å²) in [4.78, 5) is 4.77. The number of allylic oxidation sites excluding steroid dienone is 1. The maximum atomic E-state index is 6.77. The van der Waals surface area contributed by atoms with E-state index in [1.165, 1.54) is 22.3 Å². The maximum Gasteiger partial charge on any atom is 0.108 e. The van der Waals surface area contributed by atoms with Crippen LogP contribution in [0.4, 0.5) is 0 Å². The third kappa shape index (κ3) is 6.31. The Hall–Kier alpha value is -2.49. The van der Waals surface area contributed by atoms with Crippen LogP contribution < -0.4 is 0 Å². The third-order valence-electron chi connectivity index (χ3n) is 6.31. The van der Waals surface area contributed by atoms with Crippen LogP contribution in [0.3, 0.4) is 0 Å². The molecule has 1 heterocycles. The molecule has 0 N–H and O–H groups in total. The van der Waals surface area contributed by atoms with Crippen molar-refractivity contribution in [1.29, 1.82) is 0 Å². The molecule has 3 heteroatoms. The van der Waals surface area contributed by atoms with E-state index in [9.17, 15) is 0 Å². The van der Waals surface area contributed by atoms with Gasteiger partial charge in [0.1, 0.15) is 6.10 Å². The average molecular weight is 502 g/mol. The molecule has 0 fully saturated rings. The van der Waals surface area contributed by atoms with Crippen molar-refractivity contribution in [3.8, 4) is 0 Å². The molecule has 33 heavy (non-hydrogen) atoms. The van der Waals surface area contributed by atoms with Crippen LogP contribution in [-0.2, 0) is 16.5 Å².